The fourth-order valence-corrected chi connectivity index (χ4v) is 4.75. The molecule has 1 heterocycles. The molecule has 0 aliphatic heterocycles. The van der Waals surface area contributed by atoms with Gasteiger partial charge in [0.15, 0.2) is 18.1 Å². The van der Waals surface area contributed by atoms with E-state index in [-0.39, 0.29) is 13.6 Å². The second-order valence-corrected chi connectivity index (χ2v) is 8.09. The number of nitrogens with one attached hydrogen (secondary N) is 1. The average Bonchev–Trinajstić information content (AvgIpc) is 2.84. The van der Waals surface area contributed by atoms with E-state index < -0.39 is 22.5 Å². The van der Waals surface area contributed by atoms with E-state index in [0.29, 0.717) is 11.5 Å². The molecule has 0 bridgehead atoms. The molecule has 1 amide bonds. The van der Waals surface area contributed by atoms with Crippen LogP contribution in [-0.2, 0) is 14.8 Å². The monoisotopic (exact) mass is 395 g/mol. The van der Waals surface area contributed by atoms with Gasteiger partial charge in [0.2, 0.25) is 0 Å². The molecule has 0 fully saturated rings. The fraction of sp³-hybridized carbons (Fsp3) is 0.154. The summed E-state index contributed by atoms with van der Waals surface area (Å²) in [5.41, 5.74) is 0. The van der Waals surface area contributed by atoms with Crippen molar-refractivity contribution >= 4 is 50.5 Å². The van der Waals surface area contributed by atoms with Crippen molar-refractivity contribution in [1.82, 2.24) is 4.72 Å². The predicted molar refractivity (Wildman–Crippen MR) is 88.2 cm³/mol. The Morgan fingerprint density at radius 3 is 2.48 bits per heavy atom. The number of rotatable bonds is 6. The predicted octanol–water partition coefficient (Wildman–Crippen LogP) is 2.95. The van der Waals surface area contributed by atoms with Gasteiger partial charge in [0.05, 0.1) is 11.4 Å². The quantitative estimate of drug-likeness (QED) is 0.812. The molecule has 10 heteroatoms. The molecule has 1 aromatic carbocycles. The van der Waals surface area contributed by atoms with Crippen LogP contribution in [0.1, 0.15) is 0 Å². The van der Waals surface area contributed by atoms with Gasteiger partial charge in [-0.05, 0) is 18.2 Å². The van der Waals surface area contributed by atoms with Crippen LogP contribution in [0.15, 0.2) is 35.2 Å². The first-order chi connectivity index (χ1) is 10.8. The number of methoxy groups -OCH3 is 1. The molecule has 6 nitrogen and oxygen atoms in total. The summed E-state index contributed by atoms with van der Waals surface area (Å²) in [5.74, 6) is -0.107. The highest BCUT2D eigenvalue weighted by Crippen LogP contribution is 2.34. The molecular formula is C13H11Cl2NO5S2. The van der Waals surface area contributed by atoms with Gasteiger partial charge in [0.1, 0.15) is 9.23 Å². The van der Waals surface area contributed by atoms with E-state index in [1.165, 1.54) is 13.2 Å². The van der Waals surface area contributed by atoms with Crippen LogP contribution >= 0.6 is 34.5 Å². The van der Waals surface area contributed by atoms with Crippen molar-refractivity contribution in [2.24, 2.45) is 0 Å². The highest BCUT2D eigenvalue weighted by atomic mass is 35.5. The number of sulfonamides is 1. The van der Waals surface area contributed by atoms with Crippen LogP contribution in [-0.4, -0.2) is 28.0 Å². The molecule has 23 heavy (non-hydrogen) atoms. The molecule has 0 radical (unpaired) electrons. The number of ether oxygens (including phenoxy) is 2. The van der Waals surface area contributed by atoms with Crippen LogP contribution < -0.4 is 14.2 Å². The van der Waals surface area contributed by atoms with Gasteiger partial charge >= 0.3 is 0 Å². The minimum atomic E-state index is -4.11. The number of thiophene rings is 1. The first-order valence-corrected chi connectivity index (χ1v) is 9.15. The van der Waals surface area contributed by atoms with E-state index in [4.69, 9.17) is 32.7 Å². The number of halogens is 2. The number of carbonyl (C=O) groups excluding carboxylic acids is 1. The van der Waals surface area contributed by atoms with Crippen LogP contribution in [0.4, 0.5) is 0 Å². The lowest BCUT2D eigenvalue weighted by atomic mass is 10.3. The first kappa shape index (κ1) is 17.9. The summed E-state index contributed by atoms with van der Waals surface area (Å²) in [6.07, 6.45) is 0. The normalized spacial score (nSPS) is 11.1. The van der Waals surface area contributed by atoms with Crippen molar-refractivity contribution < 1.29 is 22.7 Å². The SMILES string of the molecule is COc1ccccc1OCC(=O)NS(=O)(=O)c1cc(Cl)sc1Cl. The van der Waals surface area contributed by atoms with Crippen molar-refractivity contribution in [3.8, 4) is 11.5 Å². The van der Waals surface area contributed by atoms with E-state index >= 15 is 0 Å². The molecule has 2 rings (SSSR count). The van der Waals surface area contributed by atoms with Crippen LogP contribution in [0, 0.1) is 0 Å². The van der Waals surface area contributed by atoms with Crippen molar-refractivity contribution in [2.75, 3.05) is 13.7 Å². The summed E-state index contributed by atoms with van der Waals surface area (Å²) < 4.78 is 36.5. The standard InChI is InChI=1S/C13H11Cl2NO5S2/c1-20-8-4-2-3-5-9(8)21-7-12(17)16-23(18,19)10-6-11(14)22-13(10)15/h2-6H,7H2,1H3,(H,16,17). The number of amides is 1. The van der Waals surface area contributed by atoms with Crippen molar-refractivity contribution in [3.05, 3.63) is 39.0 Å². The number of hydrogen-bond acceptors (Lipinski definition) is 6. The van der Waals surface area contributed by atoms with E-state index in [1.54, 1.807) is 24.3 Å². The third-order valence-electron chi connectivity index (χ3n) is 2.59. The number of carbonyl (C=O) groups is 1. The van der Waals surface area contributed by atoms with E-state index in [1.807, 2.05) is 4.72 Å². The maximum Gasteiger partial charge on any atom is 0.271 e. The highest BCUT2D eigenvalue weighted by Gasteiger charge is 2.23. The molecular weight excluding hydrogens is 385 g/mol. The highest BCUT2D eigenvalue weighted by molar-refractivity contribution is 7.90. The number of benzene rings is 1. The zero-order chi connectivity index (χ0) is 17.0. The van der Waals surface area contributed by atoms with Crippen LogP contribution in [0.25, 0.3) is 0 Å². The third kappa shape index (κ3) is 4.51. The van der Waals surface area contributed by atoms with E-state index in [2.05, 4.69) is 0 Å². The maximum absolute atomic E-state index is 12.1. The minimum Gasteiger partial charge on any atom is -0.493 e. The summed E-state index contributed by atoms with van der Waals surface area (Å²) >= 11 is 12.4. The minimum absolute atomic E-state index is 0.0269. The Bertz CT molecular complexity index is 820. The lowest BCUT2D eigenvalue weighted by Crippen LogP contribution is -2.34. The van der Waals surface area contributed by atoms with E-state index in [0.717, 1.165) is 11.3 Å². The Labute approximate surface area is 147 Å². The molecule has 0 spiro atoms. The molecule has 0 unspecified atom stereocenters. The number of para-hydroxylation sites is 2. The van der Waals surface area contributed by atoms with Crippen molar-refractivity contribution in [1.29, 1.82) is 0 Å². The molecule has 0 aliphatic rings. The smallest absolute Gasteiger partial charge is 0.271 e. The Balaban J connectivity index is 2.03. The van der Waals surface area contributed by atoms with Crippen molar-refractivity contribution in [2.45, 2.75) is 4.90 Å². The van der Waals surface area contributed by atoms with Crippen LogP contribution in [0.2, 0.25) is 8.67 Å². The topological polar surface area (TPSA) is 81.7 Å². The van der Waals surface area contributed by atoms with Gasteiger partial charge < -0.3 is 9.47 Å². The average molecular weight is 396 g/mol. The molecule has 124 valence electrons. The van der Waals surface area contributed by atoms with Gasteiger partial charge in [0, 0.05) is 0 Å². The summed E-state index contributed by atoms with van der Waals surface area (Å²) in [4.78, 5) is 11.5. The van der Waals surface area contributed by atoms with Gasteiger partial charge in [0.25, 0.3) is 15.9 Å². The van der Waals surface area contributed by atoms with Gasteiger partial charge in [-0.25, -0.2) is 13.1 Å². The summed E-state index contributed by atoms with van der Waals surface area (Å²) in [5, 5.41) is 0. The third-order valence-corrected chi connectivity index (χ3v) is 5.72. The van der Waals surface area contributed by atoms with Gasteiger partial charge in [-0.1, -0.05) is 35.3 Å². The van der Waals surface area contributed by atoms with Gasteiger partial charge in [-0.2, -0.15) is 0 Å². The summed E-state index contributed by atoms with van der Waals surface area (Å²) in [7, 11) is -2.65. The molecule has 1 aromatic heterocycles. The second kappa shape index (κ2) is 7.39. The summed E-state index contributed by atoms with van der Waals surface area (Å²) in [6, 6.07) is 7.84. The van der Waals surface area contributed by atoms with E-state index in [9.17, 15) is 13.2 Å². The molecule has 0 saturated heterocycles. The molecule has 0 atom stereocenters. The molecule has 0 aliphatic carbocycles. The first-order valence-electron chi connectivity index (χ1n) is 6.10. The lowest BCUT2D eigenvalue weighted by Gasteiger charge is -2.10. The fourth-order valence-electron chi connectivity index (χ4n) is 1.62. The molecule has 0 saturated carbocycles. The van der Waals surface area contributed by atoms with Crippen LogP contribution in [0.5, 0.6) is 11.5 Å². The Morgan fingerprint density at radius 2 is 1.91 bits per heavy atom. The Hall–Kier alpha value is -1.48. The van der Waals surface area contributed by atoms with Gasteiger partial charge in [-0.3, -0.25) is 4.79 Å². The Morgan fingerprint density at radius 1 is 1.26 bits per heavy atom. The zero-order valence-electron chi connectivity index (χ0n) is 11.7. The largest absolute Gasteiger partial charge is 0.493 e. The number of hydrogen-bond donors (Lipinski definition) is 1. The lowest BCUT2D eigenvalue weighted by molar-refractivity contribution is -0.121. The van der Waals surface area contributed by atoms with Crippen molar-refractivity contribution in [3.63, 3.8) is 0 Å². The molecule has 1 N–H and O–H groups in total. The van der Waals surface area contributed by atoms with Crippen LogP contribution in [0.3, 0.4) is 0 Å². The Kier molecular flexibility index (Phi) is 5.74. The molecule has 2 aromatic rings. The van der Waals surface area contributed by atoms with Gasteiger partial charge in [-0.15, -0.1) is 11.3 Å². The zero-order valence-corrected chi connectivity index (χ0v) is 14.9. The summed E-state index contributed by atoms with van der Waals surface area (Å²) in [6.45, 7) is -0.505. The maximum atomic E-state index is 12.1. The second-order valence-electron chi connectivity index (χ2n) is 4.16.